The molecule has 1 atom stereocenters. The van der Waals surface area contributed by atoms with Gasteiger partial charge >= 0.3 is 0 Å². The Morgan fingerprint density at radius 2 is 1.62 bits per heavy atom. The summed E-state index contributed by atoms with van der Waals surface area (Å²) in [6, 6.07) is 12.3. The van der Waals surface area contributed by atoms with E-state index in [4.69, 9.17) is 0 Å². The Morgan fingerprint density at radius 3 is 2.15 bits per heavy atom. The zero-order chi connectivity index (χ0) is 25.6. The van der Waals surface area contributed by atoms with E-state index in [0.29, 0.717) is 12.1 Å². The highest BCUT2D eigenvalue weighted by molar-refractivity contribution is 7.92. The Kier molecular flexibility index (Phi) is 9.27. The van der Waals surface area contributed by atoms with Crippen molar-refractivity contribution in [2.75, 3.05) is 17.1 Å². The molecule has 2 aromatic rings. The van der Waals surface area contributed by atoms with Crippen molar-refractivity contribution in [3.05, 3.63) is 64.7 Å². The predicted molar refractivity (Wildman–Crippen MR) is 137 cm³/mol. The van der Waals surface area contributed by atoms with Crippen LogP contribution in [0, 0.1) is 20.8 Å². The molecule has 0 radical (unpaired) electrons. The van der Waals surface area contributed by atoms with Gasteiger partial charge in [-0.25, -0.2) is 8.42 Å². The summed E-state index contributed by atoms with van der Waals surface area (Å²) in [5.41, 5.74) is 4.14. The largest absolute Gasteiger partial charge is 0.352 e. The van der Waals surface area contributed by atoms with Crippen LogP contribution in [-0.4, -0.2) is 50.0 Å². The van der Waals surface area contributed by atoms with E-state index in [1.54, 1.807) is 12.1 Å². The zero-order valence-corrected chi connectivity index (χ0v) is 22.1. The number of carbonyl (C=O) groups is 2. The quantitative estimate of drug-likeness (QED) is 0.554. The number of hydrogen-bond acceptors (Lipinski definition) is 4. The first-order chi connectivity index (χ1) is 15.8. The number of carbonyl (C=O) groups excluding carboxylic acids is 2. The molecule has 186 valence electrons. The lowest BCUT2D eigenvalue weighted by atomic mass is 10.1. The Bertz CT molecular complexity index is 1110. The second-order valence-electron chi connectivity index (χ2n) is 9.08. The van der Waals surface area contributed by atoms with Gasteiger partial charge in [0.25, 0.3) is 0 Å². The molecule has 2 amide bonds. The number of anilines is 1. The van der Waals surface area contributed by atoms with E-state index in [9.17, 15) is 18.0 Å². The van der Waals surface area contributed by atoms with Gasteiger partial charge < -0.3 is 10.2 Å². The van der Waals surface area contributed by atoms with Crippen LogP contribution in [0.15, 0.2) is 42.5 Å². The van der Waals surface area contributed by atoms with Gasteiger partial charge in [0.2, 0.25) is 21.8 Å². The Balaban J connectivity index is 2.48. The third-order valence-electron chi connectivity index (χ3n) is 5.81. The Morgan fingerprint density at radius 1 is 1.00 bits per heavy atom. The van der Waals surface area contributed by atoms with Gasteiger partial charge in [0.1, 0.15) is 12.6 Å². The molecule has 0 aliphatic carbocycles. The van der Waals surface area contributed by atoms with Crippen molar-refractivity contribution in [2.24, 2.45) is 0 Å². The molecule has 8 heteroatoms. The summed E-state index contributed by atoms with van der Waals surface area (Å²) in [6.45, 7) is 11.1. The predicted octanol–water partition coefficient (Wildman–Crippen LogP) is 3.71. The van der Waals surface area contributed by atoms with Crippen molar-refractivity contribution >= 4 is 27.5 Å². The summed E-state index contributed by atoms with van der Waals surface area (Å²) in [5.74, 6) is -0.687. The van der Waals surface area contributed by atoms with E-state index in [-0.39, 0.29) is 25.0 Å². The topological polar surface area (TPSA) is 86.8 Å². The lowest BCUT2D eigenvalue weighted by molar-refractivity contribution is -0.140. The molecule has 1 N–H and O–H groups in total. The minimum absolute atomic E-state index is 0.0830. The van der Waals surface area contributed by atoms with E-state index >= 15 is 0 Å². The molecular formula is C26H37N3O4S. The fourth-order valence-corrected chi connectivity index (χ4v) is 4.69. The van der Waals surface area contributed by atoms with Crippen LogP contribution in [0.2, 0.25) is 0 Å². The maximum Gasteiger partial charge on any atom is 0.244 e. The molecule has 0 aliphatic heterocycles. The van der Waals surface area contributed by atoms with E-state index in [1.807, 2.05) is 71.9 Å². The summed E-state index contributed by atoms with van der Waals surface area (Å²) in [4.78, 5) is 28.2. The maximum absolute atomic E-state index is 13.7. The number of aryl methyl sites for hydroxylation is 2. The van der Waals surface area contributed by atoms with Crippen LogP contribution in [-0.2, 0) is 26.2 Å². The molecule has 0 aromatic heterocycles. The molecule has 2 rings (SSSR count). The van der Waals surface area contributed by atoms with Crippen molar-refractivity contribution in [3.8, 4) is 0 Å². The van der Waals surface area contributed by atoms with Crippen LogP contribution in [0.1, 0.15) is 49.4 Å². The smallest absolute Gasteiger partial charge is 0.244 e. The average molecular weight is 488 g/mol. The van der Waals surface area contributed by atoms with Crippen molar-refractivity contribution in [3.63, 3.8) is 0 Å². The van der Waals surface area contributed by atoms with Gasteiger partial charge in [-0.2, -0.15) is 0 Å². The highest BCUT2D eigenvalue weighted by atomic mass is 32.2. The zero-order valence-electron chi connectivity index (χ0n) is 21.3. The van der Waals surface area contributed by atoms with Crippen LogP contribution in [0.5, 0.6) is 0 Å². The number of nitrogens with zero attached hydrogens (tertiary/aromatic N) is 2. The molecule has 0 aliphatic rings. The van der Waals surface area contributed by atoms with E-state index in [2.05, 4.69) is 5.32 Å². The fourth-order valence-electron chi connectivity index (χ4n) is 3.79. The molecule has 0 saturated heterocycles. The SMILES string of the molecule is CC[C@H](C(=O)NC(C)C)N(Cc1ccc(C)cc1)C(=O)CN(c1cccc(C)c1C)S(C)(=O)=O. The van der Waals surface area contributed by atoms with E-state index in [0.717, 1.165) is 32.8 Å². The van der Waals surface area contributed by atoms with Crippen molar-refractivity contribution in [2.45, 2.75) is 66.6 Å². The summed E-state index contributed by atoms with van der Waals surface area (Å²) in [5, 5.41) is 2.89. The third kappa shape index (κ3) is 7.06. The fraction of sp³-hybridized carbons (Fsp3) is 0.462. The molecule has 7 nitrogen and oxygen atoms in total. The molecule has 0 saturated carbocycles. The summed E-state index contributed by atoms with van der Waals surface area (Å²) >= 11 is 0. The first kappa shape index (κ1) is 27.4. The third-order valence-corrected chi connectivity index (χ3v) is 6.94. The lowest BCUT2D eigenvalue weighted by Crippen LogP contribution is -2.53. The first-order valence-corrected chi connectivity index (χ1v) is 13.4. The van der Waals surface area contributed by atoms with Crippen LogP contribution in [0.3, 0.4) is 0 Å². The van der Waals surface area contributed by atoms with Gasteiger partial charge in [0, 0.05) is 12.6 Å². The number of nitrogens with one attached hydrogen (secondary N) is 1. The van der Waals surface area contributed by atoms with Crippen LogP contribution in [0.4, 0.5) is 5.69 Å². The molecule has 0 bridgehead atoms. The molecular weight excluding hydrogens is 450 g/mol. The van der Waals surface area contributed by atoms with Crippen molar-refractivity contribution in [1.82, 2.24) is 10.2 Å². The Hall–Kier alpha value is -2.87. The minimum Gasteiger partial charge on any atom is -0.352 e. The molecule has 2 aromatic carbocycles. The van der Waals surface area contributed by atoms with Crippen LogP contribution >= 0.6 is 0 Å². The van der Waals surface area contributed by atoms with Crippen LogP contribution < -0.4 is 9.62 Å². The highest BCUT2D eigenvalue weighted by Gasteiger charge is 2.32. The van der Waals surface area contributed by atoms with Gasteiger partial charge in [0.15, 0.2) is 0 Å². The van der Waals surface area contributed by atoms with Gasteiger partial charge in [-0.3, -0.25) is 13.9 Å². The standard InChI is InChI=1S/C26H37N3O4S/c1-8-23(26(31)27-18(2)3)28(16-22-14-12-19(4)13-15-22)25(30)17-29(34(7,32)33)24-11-9-10-20(5)21(24)6/h9-15,18,23H,8,16-17H2,1-7H3,(H,27,31)/t23-/m1/s1. The average Bonchev–Trinajstić information content (AvgIpc) is 2.74. The molecule has 0 fully saturated rings. The summed E-state index contributed by atoms with van der Waals surface area (Å²) in [7, 11) is -3.75. The summed E-state index contributed by atoms with van der Waals surface area (Å²) in [6.07, 6.45) is 1.49. The molecule has 0 unspecified atom stereocenters. The lowest BCUT2D eigenvalue weighted by Gasteiger charge is -2.33. The normalized spacial score (nSPS) is 12.4. The Labute approximate surface area is 204 Å². The highest BCUT2D eigenvalue weighted by Crippen LogP contribution is 2.25. The van der Waals surface area contributed by atoms with Crippen LogP contribution in [0.25, 0.3) is 0 Å². The molecule has 0 spiro atoms. The minimum atomic E-state index is -3.75. The van der Waals surface area contributed by atoms with Gasteiger partial charge in [-0.1, -0.05) is 48.9 Å². The van der Waals surface area contributed by atoms with Gasteiger partial charge in [0.05, 0.1) is 11.9 Å². The van der Waals surface area contributed by atoms with E-state index < -0.39 is 22.0 Å². The number of amides is 2. The van der Waals surface area contributed by atoms with Gasteiger partial charge in [-0.15, -0.1) is 0 Å². The van der Waals surface area contributed by atoms with Gasteiger partial charge in [-0.05, 0) is 63.8 Å². The molecule has 0 heterocycles. The van der Waals surface area contributed by atoms with E-state index in [1.165, 1.54) is 4.90 Å². The first-order valence-electron chi connectivity index (χ1n) is 11.5. The number of rotatable bonds is 10. The number of sulfonamides is 1. The summed E-state index contributed by atoms with van der Waals surface area (Å²) < 4.78 is 26.6. The number of benzene rings is 2. The monoisotopic (exact) mass is 487 g/mol. The van der Waals surface area contributed by atoms with Crippen molar-refractivity contribution < 1.29 is 18.0 Å². The second-order valence-corrected chi connectivity index (χ2v) is 11.0. The number of hydrogen-bond donors (Lipinski definition) is 1. The van der Waals surface area contributed by atoms with Crippen molar-refractivity contribution in [1.29, 1.82) is 0 Å². The molecule has 34 heavy (non-hydrogen) atoms. The second kappa shape index (κ2) is 11.5. The maximum atomic E-state index is 13.7.